The van der Waals surface area contributed by atoms with Gasteiger partial charge in [0.1, 0.15) is 11.4 Å². The van der Waals surface area contributed by atoms with Crippen molar-refractivity contribution in [3.63, 3.8) is 0 Å². The number of carbonyl (C=O) groups is 1. The van der Waals surface area contributed by atoms with Gasteiger partial charge in [0.05, 0.1) is 5.56 Å². The third-order valence-corrected chi connectivity index (χ3v) is 2.78. The molecule has 2 aromatic heterocycles. The summed E-state index contributed by atoms with van der Waals surface area (Å²) in [7, 11) is 0. The van der Waals surface area contributed by atoms with E-state index in [1.165, 1.54) is 36.5 Å². The van der Waals surface area contributed by atoms with Crippen molar-refractivity contribution in [2.24, 2.45) is 0 Å². The monoisotopic (exact) mass is 233 g/mol. The fourth-order valence-corrected chi connectivity index (χ4v) is 1.92. The predicted octanol–water partition coefficient (Wildman–Crippen LogP) is 1.72. The number of hydrogen-bond donors (Lipinski definition) is 1. The van der Waals surface area contributed by atoms with E-state index in [9.17, 15) is 4.79 Å². The summed E-state index contributed by atoms with van der Waals surface area (Å²) in [5.41, 5.74) is 0.221. The Bertz CT molecular complexity index is 504. The van der Waals surface area contributed by atoms with Crippen molar-refractivity contribution in [2.75, 3.05) is 0 Å². The zero-order valence-corrected chi connectivity index (χ0v) is 8.89. The zero-order valence-electron chi connectivity index (χ0n) is 8.07. The van der Waals surface area contributed by atoms with Gasteiger partial charge < -0.3 is 5.11 Å². The second-order valence-corrected chi connectivity index (χ2v) is 3.89. The molecule has 2 aromatic rings. The van der Waals surface area contributed by atoms with E-state index in [0.29, 0.717) is 9.92 Å². The molecule has 0 aliphatic heterocycles. The third kappa shape index (κ3) is 2.34. The van der Waals surface area contributed by atoms with Gasteiger partial charge >= 0.3 is 5.97 Å². The molecule has 0 aliphatic carbocycles. The van der Waals surface area contributed by atoms with E-state index in [-0.39, 0.29) is 5.56 Å². The summed E-state index contributed by atoms with van der Waals surface area (Å²) in [6.45, 7) is 0. The van der Waals surface area contributed by atoms with Crippen LogP contribution in [0.4, 0.5) is 0 Å². The van der Waals surface area contributed by atoms with Crippen LogP contribution in [0.25, 0.3) is 0 Å². The van der Waals surface area contributed by atoms with Crippen LogP contribution in [0.3, 0.4) is 0 Å². The van der Waals surface area contributed by atoms with Gasteiger partial charge in [-0.15, -0.1) is 0 Å². The summed E-state index contributed by atoms with van der Waals surface area (Å²) in [6.07, 6.45) is 5.98. The van der Waals surface area contributed by atoms with Crippen molar-refractivity contribution in [3.05, 3.63) is 42.6 Å². The van der Waals surface area contributed by atoms with E-state index < -0.39 is 5.97 Å². The molecule has 0 atom stereocenters. The lowest BCUT2D eigenvalue weighted by Gasteiger charge is -2.03. The Morgan fingerprint density at radius 1 is 1.25 bits per heavy atom. The molecule has 0 unspecified atom stereocenters. The van der Waals surface area contributed by atoms with Crippen LogP contribution in [0.15, 0.2) is 47.0 Å². The van der Waals surface area contributed by atoms with Gasteiger partial charge in [-0.3, -0.25) is 4.98 Å². The Morgan fingerprint density at radius 3 is 2.75 bits per heavy atom. The highest BCUT2D eigenvalue weighted by Crippen LogP contribution is 2.27. The summed E-state index contributed by atoms with van der Waals surface area (Å²) in [5.74, 6) is -0.973. The van der Waals surface area contributed by atoms with Crippen molar-refractivity contribution in [2.45, 2.75) is 9.92 Å². The molecule has 5 nitrogen and oxygen atoms in total. The number of aromatic carboxylic acids is 1. The van der Waals surface area contributed by atoms with E-state index in [2.05, 4.69) is 15.0 Å². The quantitative estimate of drug-likeness (QED) is 0.813. The lowest BCUT2D eigenvalue weighted by atomic mass is 10.3. The summed E-state index contributed by atoms with van der Waals surface area (Å²) in [4.78, 5) is 23.2. The number of aromatic nitrogens is 3. The van der Waals surface area contributed by atoms with Gasteiger partial charge in [-0.25, -0.2) is 14.8 Å². The first-order valence-corrected chi connectivity index (χ1v) is 5.20. The van der Waals surface area contributed by atoms with E-state index in [1.807, 2.05) is 0 Å². The second kappa shape index (κ2) is 4.71. The summed E-state index contributed by atoms with van der Waals surface area (Å²) in [6, 6.07) is 3.18. The standard InChI is InChI=1S/C10H7N3O2S/c14-10(15)7-1-3-11-5-8(7)16-9-2-4-12-6-13-9/h1-6H,(H,14,15). The van der Waals surface area contributed by atoms with Crippen LogP contribution in [0, 0.1) is 0 Å². The van der Waals surface area contributed by atoms with Crippen LogP contribution in [-0.4, -0.2) is 26.0 Å². The molecular weight excluding hydrogens is 226 g/mol. The van der Waals surface area contributed by atoms with E-state index in [1.54, 1.807) is 12.3 Å². The Balaban J connectivity index is 2.31. The van der Waals surface area contributed by atoms with Crippen molar-refractivity contribution in [1.29, 1.82) is 0 Å². The Labute approximate surface area is 95.6 Å². The van der Waals surface area contributed by atoms with Gasteiger partial charge in [-0.2, -0.15) is 0 Å². The topological polar surface area (TPSA) is 76.0 Å². The minimum Gasteiger partial charge on any atom is -0.478 e. The molecule has 80 valence electrons. The maximum atomic E-state index is 10.9. The van der Waals surface area contributed by atoms with Gasteiger partial charge in [-0.05, 0) is 12.1 Å². The van der Waals surface area contributed by atoms with Gasteiger partial charge in [0.15, 0.2) is 0 Å². The number of hydrogen-bond acceptors (Lipinski definition) is 5. The Morgan fingerprint density at radius 2 is 2.06 bits per heavy atom. The molecular formula is C10H7N3O2S. The first-order valence-electron chi connectivity index (χ1n) is 4.38. The smallest absolute Gasteiger partial charge is 0.336 e. The lowest BCUT2D eigenvalue weighted by molar-refractivity contribution is 0.0693. The van der Waals surface area contributed by atoms with Crippen LogP contribution in [0.5, 0.6) is 0 Å². The molecule has 0 amide bonds. The zero-order chi connectivity index (χ0) is 11.4. The number of pyridine rings is 1. The molecule has 6 heteroatoms. The summed E-state index contributed by atoms with van der Waals surface area (Å²) >= 11 is 1.25. The average molecular weight is 233 g/mol. The minimum absolute atomic E-state index is 0.221. The largest absolute Gasteiger partial charge is 0.478 e. The molecule has 0 saturated heterocycles. The predicted molar refractivity (Wildman–Crippen MR) is 57.4 cm³/mol. The molecule has 0 aromatic carbocycles. The fourth-order valence-electron chi connectivity index (χ4n) is 1.09. The van der Waals surface area contributed by atoms with Gasteiger partial charge in [-0.1, -0.05) is 11.8 Å². The van der Waals surface area contributed by atoms with Gasteiger partial charge in [0, 0.05) is 23.5 Å². The molecule has 0 spiro atoms. The van der Waals surface area contributed by atoms with E-state index in [0.717, 1.165) is 0 Å². The number of carboxylic acids is 1. The second-order valence-electron chi connectivity index (χ2n) is 2.83. The minimum atomic E-state index is -0.973. The third-order valence-electron chi connectivity index (χ3n) is 1.78. The maximum Gasteiger partial charge on any atom is 0.336 e. The van der Waals surface area contributed by atoms with Crippen molar-refractivity contribution in [1.82, 2.24) is 15.0 Å². The SMILES string of the molecule is O=C(O)c1ccncc1Sc1ccncn1. The molecule has 1 N–H and O–H groups in total. The molecule has 2 heterocycles. The van der Waals surface area contributed by atoms with Crippen molar-refractivity contribution >= 4 is 17.7 Å². The van der Waals surface area contributed by atoms with Crippen molar-refractivity contribution in [3.8, 4) is 0 Å². The average Bonchev–Trinajstić information content (AvgIpc) is 2.31. The summed E-state index contributed by atoms with van der Waals surface area (Å²) in [5, 5.41) is 9.66. The maximum absolute atomic E-state index is 10.9. The Hall–Kier alpha value is -1.95. The van der Waals surface area contributed by atoms with Crippen LogP contribution in [-0.2, 0) is 0 Å². The van der Waals surface area contributed by atoms with Crippen LogP contribution >= 0.6 is 11.8 Å². The van der Waals surface area contributed by atoms with Crippen molar-refractivity contribution < 1.29 is 9.90 Å². The van der Waals surface area contributed by atoms with Gasteiger partial charge in [0.2, 0.25) is 0 Å². The Kier molecular flexibility index (Phi) is 3.11. The molecule has 0 bridgehead atoms. The number of nitrogens with zero attached hydrogens (tertiary/aromatic N) is 3. The first-order chi connectivity index (χ1) is 7.77. The fraction of sp³-hybridized carbons (Fsp3) is 0. The highest BCUT2D eigenvalue weighted by molar-refractivity contribution is 7.99. The lowest BCUT2D eigenvalue weighted by Crippen LogP contribution is -1.99. The summed E-state index contributed by atoms with van der Waals surface area (Å²) < 4.78 is 0. The van der Waals surface area contributed by atoms with Crippen LogP contribution in [0.1, 0.15) is 10.4 Å². The van der Waals surface area contributed by atoms with Gasteiger partial charge in [0.25, 0.3) is 0 Å². The molecule has 16 heavy (non-hydrogen) atoms. The highest BCUT2D eigenvalue weighted by Gasteiger charge is 2.10. The van der Waals surface area contributed by atoms with E-state index in [4.69, 9.17) is 5.11 Å². The van der Waals surface area contributed by atoms with Crippen LogP contribution in [0.2, 0.25) is 0 Å². The molecule has 0 radical (unpaired) electrons. The highest BCUT2D eigenvalue weighted by atomic mass is 32.2. The molecule has 0 fully saturated rings. The molecule has 2 rings (SSSR count). The normalized spacial score (nSPS) is 10.0. The number of rotatable bonds is 3. The van der Waals surface area contributed by atoms with E-state index >= 15 is 0 Å². The molecule has 0 aliphatic rings. The first kappa shape index (κ1) is 10.6. The molecule has 0 saturated carbocycles. The number of carboxylic acid groups (broad SMARTS) is 1. The van der Waals surface area contributed by atoms with Crippen LogP contribution < -0.4 is 0 Å².